The van der Waals surface area contributed by atoms with Crippen molar-refractivity contribution in [2.75, 3.05) is 10.6 Å². The van der Waals surface area contributed by atoms with Gasteiger partial charge in [0.1, 0.15) is 0 Å². The molecule has 0 unspecified atom stereocenters. The highest BCUT2D eigenvalue weighted by Gasteiger charge is 2.08. The van der Waals surface area contributed by atoms with Gasteiger partial charge >= 0.3 is 0 Å². The molecule has 2 N–H and O–H groups in total. The second-order valence-corrected chi connectivity index (χ2v) is 6.98. The number of hydrogen-bond acceptors (Lipinski definition) is 6. The molecular weight excluding hydrogens is 382 g/mol. The average molecular weight is 397 g/mol. The number of aromatic nitrogens is 2. The number of nitrogens with one attached hydrogen (secondary N) is 2. The molecule has 1 amide bonds. The highest BCUT2D eigenvalue weighted by molar-refractivity contribution is 7.14. The van der Waals surface area contributed by atoms with Gasteiger partial charge in [0.15, 0.2) is 5.13 Å². The Bertz CT molecular complexity index is 1180. The summed E-state index contributed by atoms with van der Waals surface area (Å²) in [5.74, 6) is -0.260. The van der Waals surface area contributed by atoms with Crippen LogP contribution < -0.4 is 10.6 Å². The standard InChI is InChI=1S/C22H15N5OS/c23-13-15-2-1-3-17(12-15)21(28)25-18-4-6-19(7-5-18)26-22-27-20(14-29-22)16-8-10-24-11-9-16/h1-12,14H,(H,25,28)(H,26,27). The maximum Gasteiger partial charge on any atom is 0.255 e. The maximum absolute atomic E-state index is 12.3. The topological polar surface area (TPSA) is 90.7 Å². The molecule has 6 nitrogen and oxygen atoms in total. The average Bonchev–Trinajstić information content (AvgIpc) is 3.24. The van der Waals surface area contributed by atoms with Gasteiger partial charge in [-0.2, -0.15) is 5.26 Å². The highest BCUT2D eigenvalue weighted by atomic mass is 32.1. The van der Waals surface area contributed by atoms with Crippen LogP contribution in [-0.4, -0.2) is 15.9 Å². The van der Waals surface area contributed by atoms with E-state index in [4.69, 9.17) is 5.26 Å². The lowest BCUT2D eigenvalue weighted by Crippen LogP contribution is -2.11. The molecule has 0 atom stereocenters. The van der Waals surface area contributed by atoms with Crippen molar-refractivity contribution in [3.8, 4) is 17.3 Å². The van der Waals surface area contributed by atoms with Crippen LogP contribution in [0.1, 0.15) is 15.9 Å². The van der Waals surface area contributed by atoms with Crippen LogP contribution in [0.4, 0.5) is 16.5 Å². The molecule has 0 saturated heterocycles. The fraction of sp³-hybridized carbons (Fsp3) is 0. The first-order valence-electron chi connectivity index (χ1n) is 8.76. The van der Waals surface area contributed by atoms with E-state index in [1.807, 2.05) is 47.8 Å². The Morgan fingerprint density at radius 3 is 2.52 bits per heavy atom. The molecule has 0 radical (unpaired) electrons. The van der Waals surface area contributed by atoms with E-state index >= 15 is 0 Å². The predicted octanol–water partition coefficient (Wildman–Crippen LogP) is 5.07. The minimum absolute atomic E-state index is 0.260. The third kappa shape index (κ3) is 4.46. The third-order valence-corrected chi connectivity index (χ3v) is 4.89. The Labute approximate surface area is 171 Å². The van der Waals surface area contributed by atoms with Gasteiger partial charge < -0.3 is 10.6 Å². The van der Waals surface area contributed by atoms with E-state index < -0.39 is 0 Å². The number of benzene rings is 2. The van der Waals surface area contributed by atoms with Gasteiger partial charge in [-0.3, -0.25) is 9.78 Å². The van der Waals surface area contributed by atoms with Crippen LogP contribution in [-0.2, 0) is 0 Å². The van der Waals surface area contributed by atoms with Gasteiger partial charge in [-0.05, 0) is 54.6 Å². The van der Waals surface area contributed by atoms with Crippen molar-refractivity contribution in [3.05, 3.63) is 89.6 Å². The van der Waals surface area contributed by atoms with E-state index in [9.17, 15) is 4.79 Å². The van der Waals surface area contributed by atoms with Crippen molar-refractivity contribution in [2.24, 2.45) is 0 Å². The van der Waals surface area contributed by atoms with Gasteiger partial charge in [-0.15, -0.1) is 11.3 Å². The molecule has 140 valence electrons. The Morgan fingerprint density at radius 1 is 1.00 bits per heavy atom. The number of anilines is 3. The second-order valence-electron chi connectivity index (χ2n) is 6.12. The summed E-state index contributed by atoms with van der Waals surface area (Å²) in [5.41, 5.74) is 4.33. The monoisotopic (exact) mass is 397 g/mol. The Hall–Kier alpha value is -4.02. The van der Waals surface area contributed by atoms with Gasteiger partial charge in [0.2, 0.25) is 0 Å². The van der Waals surface area contributed by atoms with Crippen molar-refractivity contribution >= 4 is 33.8 Å². The van der Waals surface area contributed by atoms with Crippen LogP contribution in [0.5, 0.6) is 0 Å². The van der Waals surface area contributed by atoms with Gasteiger partial charge in [-0.1, -0.05) is 6.07 Å². The minimum atomic E-state index is -0.260. The van der Waals surface area contributed by atoms with Crippen LogP contribution in [0.25, 0.3) is 11.3 Å². The molecule has 0 aliphatic carbocycles. The SMILES string of the molecule is N#Cc1cccc(C(=O)Nc2ccc(Nc3nc(-c4ccncc4)cs3)cc2)c1. The number of carbonyl (C=O) groups is 1. The van der Waals surface area contributed by atoms with E-state index in [0.717, 1.165) is 22.1 Å². The molecule has 0 aliphatic rings. The number of nitrogens with zero attached hydrogens (tertiary/aromatic N) is 3. The number of hydrogen-bond donors (Lipinski definition) is 2. The molecule has 2 aromatic heterocycles. The summed E-state index contributed by atoms with van der Waals surface area (Å²) in [5, 5.41) is 17.8. The second kappa shape index (κ2) is 8.33. The Kier molecular flexibility index (Phi) is 5.27. The van der Waals surface area contributed by atoms with Gasteiger partial charge in [0, 0.05) is 40.3 Å². The zero-order valence-electron chi connectivity index (χ0n) is 15.2. The Balaban J connectivity index is 1.41. The van der Waals surface area contributed by atoms with E-state index in [1.54, 1.807) is 36.7 Å². The smallest absolute Gasteiger partial charge is 0.255 e. The molecule has 2 aromatic carbocycles. The van der Waals surface area contributed by atoms with Crippen LogP contribution >= 0.6 is 11.3 Å². The zero-order chi connectivity index (χ0) is 20.1. The van der Waals surface area contributed by atoms with Crippen LogP contribution in [0.2, 0.25) is 0 Å². The number of thiazole rings is 1. The summed E-state index contributed by atoms with van der Waals surface area (Å²) < 4.78 is 0. The number of carbonyl (C=O) groups excluding carboxylic acids is 1. The van der Waals surface area contributed by atoms with Crippen molar-refractivity contribution in [1.29, 1.82) is 5.26 Å². The Morgan fingerprint density at radius 2 is 1.76 bits per heavy atom. The van der Waals surface area contributed by atoms with Gasteiger partial charge in [0.05, 0.1) is 17.3 Å². The summed E-state index contributed by atoms with van der Waals surface area (Å²) in [6.45, 7) is 0. The normalized spacial score (nSPS) is 10.2. The molecular formula is C22H15N5OS. The molecule has 2 heterocycles. The third-order valence-electron chi connectivity index (χ3n) is 4.13. The molecule has 4 rings (SSSR count). The molecule has 0 fully saturated rings. The zero-order valence-corrected chi connectivity index (χ0v) is 16.0. The lowest BCUT2D eigenvalue weighted by Gasteiger charge is -2.07. The molecule has 0 saturated carbocycles. The predicted molar refractivity (Wildman–Crippen MR) is 114 cm³/mol. The van der Waals surface area contributed by atoms with Crippen LogP contribution in [0.3, 0.4) is 0 Å². The van der Waals surface area contributed by atoms with Crippen LogP contribution in [0, 0.1) is 11.3 Å². The summed E-state index contributed by atoms with van der Waals surface area (Å²) in [6, 6.07) is 19.8. The summed E-state index contributed by atoms with van der Waals surface area (Å²) in [4.78, 5) is 21.0. The number of pyridine rings is 1. The van der Waals surface area contributed by atoms with E-state index in [0.29, 0.717) is 16.8 Å². The first-order chi connectivity index (χ1) is 14.2. The lowest BCUT2D eigenvalue weighted by atomic mass is 10.1. The van der Waals surface area contributed by atoms with E-state index in [2.05, 4.69) is 20.6 Å². The number of amides is 1. The summed E-state index contributed by atoms with van der Waals surface area (Å²) in [7, 11) is 0. The molecule has 0 spiro atoms. The fourth-order valence-electron chi connectivity index (χ4n) is 2.68. The lowest BCUT2D eigenvalue weighted by molar-refractivity contribution is 0.102. The molecule has 0 bridgehead atoms. The van der Waals surface area contributed by atoms with Crippen molar-refractivity contribution in [1.82, 2.24) is 9.97 Å². The van der Waals surface area contributed by atoms with E-state index in [-0.39, 0.29) is 5.91 Å². The molecule has 7 heteroatoms. The van der Waals surface area contributed by atoms with Crippen LogP contribution in [0.15, 0.2) is 78.4 Å². The van der Waals surface area contributed by atoms with E-state index in [1.165, 1.54) is 11.3 Å². The molecule has 0 aliphatic heterocycles. The van der Waals surface area contributed by atoms with Crippen molar-refractivity contribution < 1.29 is 4.79 Å². The van der Waals surface area contributed by atoms with Crippen molar-refractivity contribution in [3.63, 3.8) is 0 Å². The number of rotatable bonds is 5. The molecule has 4 aromatic rings. The quantitative estimate of drug-likeness (QED) is 0.490. The maximum atomic E-state index is 12.3. The minimum Gasteiger partial charge on any atom is -0.332 e. The highest BCUT2D eigenvalue weighted by Crippen LogP contribution is 2.27. The largest absolute Gasteiger partial charge is 0.332 e. The first kappa shape index (κ1) is 18.3. The van der Waals surface area contributed by atoms with Crippen molar-refractivity contribution in [2.45, 2.75) is 0 Å². The van der Waals surface area contributed by atoms with Gasteiger partial charge in [0.25, 0.3) is 5.91 Å². The summed E-state index contributed by atoms with van der Waals surface area (Å²) in [6.07, 6.45) is 3.48. The fourth-order valence-corrected chi connectivity index (χ4v) is 3.42. The van der Waals surface area contributed by atoms with Gasteiger partial charge in [-0.25, -0.2) is 4.98 Å². The number of nitriles is 1. The molecule has 29 heavy (non-hydrogen) atoms. The first-order valence-corrected chi connectivity index (χ1v) is 9.64. The summed E-state index contributed by atoms with van der Waals surface area (Å²) >= 11 is 1.52.